The van der Waals surface area contributed by atoms with Gasteiger partial charge in [0.05, 0.1) is 10.5 Å². The lowest BCUT2D eigenvalue weighted by atomic mass is 9.85. The highest BCUT2D eigenvalue weighted by Gasteiger charge is 2.29. The molecule has 0 saturated heterocycles. The summed E-state index contributed by atoms with van der Waals surface area (Å²) in [6.45, 7) is 8.36. The summed E-state index contributed by atoms with van der Waals surface area (Å²) in [5.74, 6) is 0.379. The maximum Gasteiger partial charge on any atom is 0.292 e. The van der Waals surface area contributed by atoms with Crippen LogP contribution >= 0.6 is 0 Å². The van der Waals surface area contributed by atoms with Crippen molar-refractivity contribution in [2.24, 2.45) is 11.7 Å². The van der Waals surface area contributed by atoms with Crippen molar-refractivity contribution < 1.29 is 10.0 Å². The van der Waals surface area contributed by atoms with E-state index >= 15 is 0 Å². The molecule has 0 saturated carbocycles. The van der Waals surface area contributed by atoms with Gasteiger partial charge in [-0.3, -0.25) is 10.1 Å². The Morgan fingerprint density at radius 3 is 2.65 bits per heavy atom. The second kappa shape index (κ2) is 8.26. The quantitative estimate of drug-likeness (QED) is 0.368. The molecule has 0 spiro atoms. The molecule has 1 rings (SSSR count). The van der Waals surface area contributed by atoms with Crippen LogP contribution in [0.5, 0.6) is 0 Å². The summed E-state index contributed by atoms with van der Waals surface area (Å²) in [5, 5.41) is 24.5. The highest BCUT2D eigenvalue weighted by molar-refractivity contribution is 5.62. The van der Waals surface area contributed by atoms with E-state index in [-0.39, 0.29) is 16.7 Å². The van der Waals surface area contributed by atoms with E-state index in [0.717, 1.165) is 12.0 Å². The second-order valence-corrected chi connectivity index (χ2v) is 6.91. The van der Waals surface area contributed by atoms with Crippen LogP contribution in [0.2, 0.25) is 0 Å². The molecule has 23 heavy (non-hydrogen) atoms. The first kappa shape index (κ1) is 19.4. The molecule has 1 aromatic carbocycles. The van der Waals surface area contributed by atoms with Crippen LogP contribution in [0.1, 0.15) is 45.6 Å². The van der Waals surface area contributed by atoms with Gasteiger partial charge in [-0.2, -0.15) is 0 Å². The van der Waals surface area contributed by atoms with Crippen LogP contribution in [0.25, 0.3) is 0 Å². The molecule has 0 aliphatic heterocycles. The van der Waals surface area contributed by atoms with Crippen molar-refractivity contribution in [3.8, 4) is 0 Å². The Kier molecular flexibility index (Phi) is 6.97. The van der Waals surface area contributed by atoms with Gasteiger partial charge in [0.15, 0.2) is 0 Å². The van der Waals surface area contributed by atoms with Crippen molar-refractivity contribution in [3.05, 3.63) is 33.9 Å². The number of benzene rings is 1. The molecule has 130 valence electrons. The van der Waals surface area contributed by atoms with Crippen molar-refractivity contribution in [3.63, 3.8) is 0 Å². The Morgan fingerprint density at radius 2 is 2.09 bits per heavy atom. The number of hydrogen-bond acceptors (Lipinski definition) is 5. The summed E-state index contributed by atoms with van der Waals surface area (Å²) >= 11 is 0. The van der Waals surface area contributed by atoms with Crippen LogP contribution in [-0.4, -0.2) is 28.2 Å². The van der Waals surface area contributed by atoms with Gasteiger partial charge in [0.1, 0.15) is 5.69 Å². The van der Waals surface area contributed by atoms with Crippen molar-refractivity contribution in [2.45, 2.75) is 58.6 Å². The fraction of sp³-hybridized carbons (Fsp3) is 0.647. The minimum atomic E-state index is -0.885. The topological polar surface area (TPSA) is 101 Å². The van der Waals surface area contributed by atoms with E-state index in [1.807, 2.05) is 6.92 Å². The van der Waals surface area contributed by atoms with Crippen LogP contribution in [0.15, 0.2) is 18.2 Å². The summed E-state index contributed by atoms with van der Waals surface area (Å²) in [6, 6.07) is 4.70. The van der Waals surface area contributed by atoms with Crippen molar-refractivity contribution in [2.75, 3.05) is 11.9 Å². The number of hydrogen-bond donors (Lipinski definition) is 3. The normalized spacial score (nSPS) is 15.3. The predicted molar refractivity (Wildman–Crippen MR) is 93.6 cm³/mol. The zero-order chi connectivity index (χ0) is 17.6. The lowest BCUT2D eigenvalue weighted by Gasteiger charge is -2.31. The Hall–Kier alpha value is -1.66. The largest absolute Gasteiger partial charge is 0.389 e. The molecule has 1 aromatic rings. The molecule has 6 heteroatoms. The molecular formula is C17H29N3O3. The molecule has 0 bridgehead atoms. The maximum absolute atomic E-state index is 11.0. The lowest BCUT2D eigenvalue weighted by molar-refractivity contribution is -0.384. The Balaban J connectivity index is 2.52. The van der Waals surface area contributed by atoms with E-state index in [2.05, 4.69) is 19.2 Å². The molecule has 0 amide bonds. The standard InChI is InChI=1S/C17H29N3O3/c1-12(2)11-17(4,21)16(18)6-5-9-19-14-10-13(3)7-8-15(14)20(22)23/h7-8,10,12,16,19,21H,5-6,9,11,18H2,1-4H3. The number of nitrogens with zero attached hydrogens (tertiary/aromatic N) is 1. The Morgan fingerprint density at radius 1 is 1.43 bits per heavy atom. The molecule has 0 aliphatic carbocycles. The molecule has 2 atom stereocenters. The number of nitrogens with one attached hydrogen (secondary N) is 1. The number of rotatable bonds is 9. The van der Waals surface area contributed by atoms with E-state index in [9.17, 15) is 15.2 Å². The van der Waals surface area contributed by atoms with Crippen molar-refractivity contribution in [1.29, 1.82) is 0 Å². The fourth-order valence-corrected chi connectivity index (χ4v) is 2.78. The number of aryl methyl sites for hydroxylation is 1. The van der Waals surface area contributed by atoms with Crippen LogP contribution in [0.3, 0.4) is 0 Å². The molecule has 4 N–H and O–H groups in total. The summed E-state index contributed by atoms with van der Waals surface area (Å²) in [5.41, 5.74) is 6.78. The van der Waals surface area contributed by atoms with Crippen LogP contribution in [0.4, 0.5) is 11.4 Å². The minimum Gasteiger partial charge on any atom is -0.389 e. The van der Waals surface area contributed by atoms with E-state index in [0.29, 0.717) is 31.0 Å². The molecule has 0 heterocycles. The summed E-state index contributed by atoms with van der Waals surface area (Å²) in [7, 11) is 0. The van der Waals surface area contributed by atoms with Gasteiger partial charge >= 0.3 is 0 Å². The molecule has 6 nitrogen and oxygen atoms in total. The Bertz CT molecular complexity index is 530. The zero-order valence-electron chi connectivity index (χ0n) is 14.5. The van der Waals surface area contributed by atoms with E-state index < -0.39 is 5.60 Å². The summed E-state index contributed by atoms with van der Waals surface area (Å²) in [4.78, 5) is 10.6. The smallest absolute Gasteiger partial charge is 0.292 e. The predicted octanol–water partition coefficient (Wildman–Crippen LogP) is 3.22. The van der Waals surface area contributed by atoms with Gasteiger partial charge in [0.25, 0.3) is 5.69 Å². The van der Waals surface area contributed by atoms with Gasteiger partial charge in [0, 0.05) is 18.7 Å². The first-order chi connectivity index (χ1) is 10.6. The minimum absolute atomic E-state index is 0.0757. The van der Waals surface area contributed by atoms with E-state index in [1.165, 1.54) is 6.07 Å². The van der Waals surface area contributed by atoms with Gasteiger partial charge in [0.2, 0.25) is 0 Å². The van der Waals surface area contributed by atoms with Gasteiger partial charge in [-0.1, -0.05) is 19.9 Å². The van der Waals surface area contributed by atoms with Crippen LogP contribution in [0, 0.1) is 23.0 Å². The summed E-state index contributed by atoms with van der Waals surface area (Å²) < 4.78 is 0. The molecule has 0 fully saturated rings. The fourth-order valence-electron chi connectivity index (χ4n) is 2.78. The van der Waals surface area contributed by atoms with Gasteiger partial charge in [-0.05, 0) is 50.7 Å². The first-order valence-electron chi connectivity index (χ1n) is 8.10. The van der Waals surface area contributed by atoms with Crippen molar-refractivity contribution in [1.82, 2.24) is 0 Å². The van der Waals surface area contributed by atoms with Gasteiger partial charge in [-0.15, -0.1) is 0 Å². The monoisotopic (exact) mass is 323 g/mol. The SMILES string of the molecule is Cc1ccc([N+](=O)[O-])c(NCCCC(N)C(C)(O)CC(C)C)c1. The third-order valence-electron chi connectivity index (χ3n) is 3.98. The summed E-state index contributed by atoms with van der Waals surface area (Å²) in [6.07, 6.45) is 2.05. The highest BCUT2D eigenvalue weighted by Crippen LogP contribution is 2.26. The molecular weight excluding hydrogens is 294 g/mol. The third-order valence-corrected chi connectivity index (χ3v) is 3.98. The maximum atomic E-state index is 11.0. The Labute approximate surface area is 138 Å². The number of anilines is 1. The average Bonchev–Trinajstić information content (AvgIpc) is 2.41. The van der Waals surface area contributed by atoms with Crippen LogP contribution in [-0.2, 0) is 0 Å². The van der Waals surface area contributed by atoms with E-state index in [4.69, 9.17) is 5.73 Å². The van der Waals surface area contributed by atoms with Crippen molar-refractivity contribution >= 4 is 11.4 Å². The number of nitro benzene ring substituents is 1. The molecule has 0 radical (unpaired) electrons. The zero-order valence-corrected chi connectivity index (χ0v) is 14.5. The molecule has 0 aliphatic rings. The number of nitro groups is 1. The van der Waals surface area contributed by atoms with Gasteiger partial charge < -0.3 is 16.2 Å². The van der Waals surface area contributed by atoms with Gasteiger partial charge in [-0.25, -0.2) is 0 Å². The molecule has 0 aromatic heterocycles. The molecule has 2 unspecified atom stereocenters. The van der Waals surface area contributed by atoms with E-state index in [1.54, 1.807) is 19.1 Å². The highest BCUT2D eigenvalue weighted by atomic mass is 16.6. The number of aliphatic hydroxyl groups is 1. The average molecular weight is 323 g/mol. The number of nitrogens with two attached hydrogens (primary N) is 1. The lowest BCUT2D eigenvalue weighted by Crippen LogP contribution is -2.46. The third kappa shape index (κ3) is 6.15. The second-order valence-electron chi connectivity index (χ2n) is 6.91. The van der Waals surface area contributed by atoms with Crippen LogP contribution < -0.4 is 11.1 Å². The first-order valence-corrected chi connectivity index (χ1v) is 8.10.